The van der Waals surface area contributed by atoms with Gasteiger partial charge in [-0.25, -0.2) is 0 Å². The zero-order chi connectivity index (χ0) is 12.5. The van der Waals surface area contributed by atoms with Gasteiger partial charge in [0.1, 0.15) is 0 Å². The molecule has 0 amide bonds. The summed E-state index contributed by atoms with van der Waals surface area (Å²) in [4.78, 5) is 0. The molecule has 1 aromatic carbocycles. The van der Waals surface area contributed by atoms with E-state index >= 15 is 0 Å². The molecule has 0 aromatic heterocycles. The zero-order valence-corrected chi connectivity index (χ0v) is 10.8. The van der Waals surface area contributed by atoms with Crippen LogP contribution < -0.4 is 0 Å². The molecule has 0 atom stereocenters. The Bertz CT molecular complexity index is 438. The third-order valence-corrected chi connectivity index (χ3v) is 3.36. The minimum Gasteiger partial charge on any atom is -0.392 e. The fraction of sp³-hybridized carbons (Fsp3) is 0.429. The van der Waals surface area contributed by atoms with Gasteiger partial charge in [-0.15, -0.1) is 0 Å². The Balaban J connectivity index is 2.11. The van der Waals surface area contributed by atoms with Crippen LogP contribution in [-0.2, 0) is 9.31 Å². The number of rotatable bonds is 0. The molecule has 0 spiro atoms. The van der Waals surface area contributed by atoms with Crippen molar-refractivity contribution >= 4 is 7.12 Å². The predicted octanol–water partition coefficient (Wildman–Crippen LogP) is 2.67. The molecule has 1 aromatic rings. The minimum atomic E-state index is -0.444. The van der Waals surface area contributed by atoms with Crippen molar-refractivity contribution in [1.29, 1.82) is 0 Å². The third kappa shape index (κ3) is 2.54. The molecular formula is C14H17BO2. The van der Waals surface area contributed by atoms with Crippen molar-refractivity contribution in [2.45, 2.75) is 38.9 Å². The Kier molecular flexibility index (Phi) is 3.03. The van der Waals surface area contributed by atoms with Crippen LogP contribution in [0.25, 0.3) is 0 Å². The smallest absolute Gasteiger partial charge is 0.392 e. The van der Waals surface area contributed by atoms with Gasteiger partial charge in [-0.3, -0.25) is 0 Å². The van der Waals surface area contributed by atoms with Crippen molar-refractivity contribution in [2.75, 3.05) is 0 Å². The summed E-state index contributed by atoms with van der Waals surface area (Å²) in [5.74, 6) is 6.08. The minimum absolute atomic E-state index is 0.316. The second-order valence-corrected chi connectivity index (χ2v) is 5.22. The molecule has 1 saturated heterocycles. The highest BCUT2D eigenvalue weighted by atomic mass is 16.7. The van der Waals surface area contributed by atoms with E-state index in [0.29, 0.717) is 0 Å². The van der Waals surface area contributed by atoms with Gasteiger partial charge < -0.3 is 9.31 Å². The van der Waals surface area contributed by atoms with Gasteiger partial charge in [-0.05, 0) is 39.8 Å². The van der Waals surface area contributed by atoms with Crippen LogP contribution in [0.15, 0.2) is 30.3 Å². The second kappa shape index (κ2) is 4.21. The average Bonchev–Trinajstić information content (AvgIpc) is 2.46. The predicted molar refractivity (Wildman–Crippen MR) is 69.4 cm³/mol. The van der Waals surface area contributed by atoms with Crippen LogP contribution in [0.1, 0.15) is 33.3 Å². The maximum Gasteiger partial charge on any atom is 0.551 e. The second-order valence-electron chi connectivity index (χ2n) is 5.22. The summed E-state index contributed by atoms with van der Waals surface area (Å²) >= 11 is 0. The van der Waals surface area contributed by atoms with E-state index in [2.05, 4.69) is 11.7 Å². The largest absolute Gasteiger partial charge is 0.551 e. The molecule has 2 rings (SSSR count). The molecule has 0 radical (unpaired) electrons. The lowest BCUT2D eigenvalue weighted by atomic mass is 9.90. The van der Waals surface area contributed by atoms with E-state index < -0.39 is 7.12 Å². The van der Waals surface area contributed by atoms with Gasteiger partial charge in [0.25, 0.3) is 0 Å². The van der Waals surface area contributed by atoms with Crippen molar-refractivity contribution in [2.24, 2.45) is 0 Å². The van der Waals surface area contributed by atoms with E-state index in [1.807, 2.05) is 58.0 Å². The van der Waals surface area contributed by atoms with Crippen LogP contribution in [0.2, 0.25) is 0 Å². The molecule has 0 unspecified atom stereocenters. The molecule has 2 nitrogen and oxygen atoms in total. The summed E-state index contributed by atoms with van der Waals surface area (Å²) in [6.45, 7) is 8.10. The Labute approximate surface area is 103 Å². The fourth-order valence-corrected chi connectivity index (χ4v) is 1.57. The van der Waals surface area contributed by atoms with Crippen LogP contribution in [0, 0.1) is 11.7 Å². The lowest BCUT2D eigenvalue weighted by Gasteiger charge is -2.32. The van der Waals surface area contributed by atoms with E-state index in [1.54, 1.807) is 0 Å². The monoisotopic (exact) mass is 228 g/mol. The Hall–Kier alpha value is -1.24. The normalized spacial score (nSPS) is 20.8. The SMILES string of the molecule is CC1(C)OB(C#Cc2ccccc2)OC1(C)C. The maximum absolute atomic E-state index is 5.79. The van der Waals surface area contributed by atoms with Crippen LogP contribution in [-0.4, -0.2) is 18.3 Å². The topological polar surface area (TPSA) is 18.5 Å². The highest BCUT2D eigenvalue weighted by Gasteiger charge is 2.50. The first kappa shape index (κ1) is 12.2. The van der Waals surface area contributed by atoms with E-state index in [4.69, 9.17) is 9.31 Å². The van der Waals surface area contributed by atoms with E-state index in [-0.39, 0.29) is 11.2 Å². The number of hydrogen-bond donors (Lipinski definition) is 0. The first-order valence-corrected chi connectivity index (χ1v) is 5.83. The van der Waals surface area contributed by atoms with Crippen molar-refractivity contribution in [1.82, 2.24) is 0 Å². The quantitative estimate of drug-likeness (QED) is 0.502. The Morgan fingerprint density at radius 2 is 1.47 bits per heavy atom. The summed E-state index contributed by atoms with van der Waals surface area (Å²) in [6.07, 6.45) is 0. The van der Waals surface area contributed by atoms with Crippen molar-refractivity contribution in [3.05, 3.63) is 35.9 Å². The summed E-state index contributed by atoms with van der Waals surface area (Å²) in [5.41, 5.74) is 0.341. The molecule has 1 heterocycles. The van der Waals surface area contributed by atoms with Gasteiger partial charge >= 0.3 is 7.12 Å². The highest BCUT2D eigenvalue weighted by molar-refractivity contribution is 6.55. The maximum atomic E-state index is 5.79. The molecule has 1 fully saturated rings. The summed E-state index contributed by atoms with van der Waals surface area (Å²) < 4.78 is 11.6. The highest BCUT2D eigenvalue weighted by Crippen LogP contribution is 2.36. The van der Waals surface area contributed by atoms with Gasteiger partial charge in [-0.1, -0.05) is 29.9 Å². The molecular weight excluding hydrogens is 211 g/mol. The van der Waals surface area contributed by atoms with Crippen molar-refractivity contribution in [3.63, 3.8) is 0 Å². The van der Waals surface area contributed by atoms with Crippen LogP contribution >= 0.6 is 0 Å². The standard InChI is InChI=1S/C14H17BO2/c1-13(2)14(3,4)17-15(16-13)11-10-12-8-6-5-7-9-12/h5-9H,1-4H3. The first-order chi connectivity index (χ1) is 7.91. The zero-order valence-electron chi connectivity index (χ0n) is 10.8. The van der Waals surface area contributed by atoms with Gasteiger partial charge in [0, 0.05) is 5.56 Å². The fourth-order valence-electron chi connectivity index (χ4n) is 1.57. The summed E-state index contributed by atoms with van der Waals surface area (Å²) in [7, 11) is -0.444. The van der Waals surface area contributed by atoms with Crippen LogP contribution in [0.5, 0.6) is 0 Å². The number of benzene rings is 1. The Morgan fingerprint density at radius 3 is 2.00 bits per heavy atom. The van der Waals surface area contributed by atoms with Gasteiger partial charge in [-0.2, -0.15) is 0 Å². The van der Waals surface area contributed by atoms with Crippen molar-refractivity contribution in [3.8, 4) is 11.7 Å². The molecule has 0 N–H and O–H groups in total. The average molecular weight is 228 g/mol. The molecule has 17 heavy (non-hydrogen) atoms. The van der Waals surface area contributed by atoms with Crippen molar-refractivity contribution < 1.29 is 9.31 Å². The van der Waals surface area contributed by atoms with Crippen LogP contribution in [0.3, 0.4) is 0 Å². The molecule has 0 aliphatic carbocycles. The molecule has 1 aliphatic rings. The van der Waals surface area contributed by atoms with E-state index in [9.17, 15) is 0 Å². The number of hydrogen-bond acceptors (Lipinski definition) is 2. The molecule has 88 valence electrons. The van der Waals surface area contributed by atoms with Gasteiger partial charge in [0.05, 0.1) is 11.2 Å². The third-order valence-electron chi connectivity index (χ3n) is 3.36. The first-order valence-electron chi connectivity index (χ1n) is 5.83. The lowest BCUT2D eigenvalue weighted by Crippen LogP contribution is -2.41. The van der Waals surface area contributed by atoms with E-state index in [0.717, 1.165) is 5.56 Å². The molecule has 3 heteroatoms. The van der Waals surface area contributed by atoms with Gasteiger partial charge in [0.15, 0.2) is 0 Å². The lowest BCUT2D eigenvalue weighted by molar-refractivity contribution is 0.00578. The van der Waals surface area contributed by atoms with Crippen LogP contribution in [0.4, 0.5) is 0 Å². The molecule has 1 aliphatic heterocycles. The van der Waals surface area contributed by atoms with Gasteiger partial charge in [0.2, 0.25) is 0 Å². The molecule has 0 bridgehead atoms. The summed E-state index contributed by atoms with van der Waals surface area (Å²) in [6, 6.07) is 9.85. The Morgan fingerprint density at radius 1 is 0.941 bits per heavy atom. The van der Waals surface area contributed by atoms with E-state index in [1.165, 1.54) is 0 Å². The molecule has 0 saturated carbocycles. The summed E-state index contributed by atoms with van der Waals surface area (Å²) in [5, 5.41) is 0.